The van der Waals surface area contributed by atoms with E-state index < -0.39 is 26.5 Å². The molecule has 0 aromatic heterocycles. The molecule has 0 saturated heterocycles. The molecule has 2 unspecified atom stereocenters. The number of carbonyl (C=O) groups excluding carboxylic acids is 2. The lowest BCUT2D eigenvalue weighted by molar-refractivity contribution is -0.870. The highest BCUT2D eigenvalue weighted by Gasteiger charge is 2.27. The molecule has 9 nitrogen and oxygen atoms in total. The number of nitrogens with zero attached hydrogens (tertiary/aromatic N) is 1. The highest BCUT2D eigenvalue weighted by Crippen LogP contribution is 2.43. The first-order chi connectivity index (χ1) is 30.0. The molecule has 1 N–H and O–H groups in total. The monoisotopic (exact) mass is 889 g/mol. The van der Waals surface area contributed by atoms with Gasteiger partial charge in [-0.25, -0.2) is 4.57 Å². The molecule has 0 radical (unpaired) electrons. The zero-order valence-electron chi connectivity index (χ0n) is 40.1. The number of ether oxygens (including phenoxy) is 2. The lowest BCUT2D eigenvalue weighted by Gasteiger charge is -2.24. The summed E-state index contributed by atoms with van der Waals surface area (Å²) < 4.78 is 34.3. The first-order valence-corrected chi connectivity index (χ1v) is 25.8. The van der Waals surface area contributed by atoms with Gasteiger partial charge in [-0.1, -0.05) is 163 Å². The number of phosphoric acid groups is 1. The highest BCUT2D eigenvalue weighted by atomic mass is 31.2. The Morgan fingerprint density at radius 3 is 1.40 bits per heavy atom. The first kappa shape index (κ1) is 59.2. The number of rotatable bonds is 43. The van der Waals surface area contributed by atoms with Crippen molar-refractivity contribution in [1.82, 2.24) is 0 Å². The molecule has 0 aromatic carbocycles. The van der Waals surface area contributed by atoms with Crippen LogP contribution < -0.4 is 0 Å². The van der Waals surface area contributed by atoms with Crippen LogP contribution in [0.15, 0.2) is 85.1 Å². The SMILES string of the molecule is CC/C=C\C/C=C\C/C=C\C/C=C\CCCCC(=O)OC(COC(=O)CCCCCCCCCC/C=C\C/C=C\C/C=C\CCCCCCC)COP(=O)(O)OCC[N+](C)(C)C. The zero-order valence-corrected chi connectivity index (χ0v) is 41.0. The van der Waals surface area contributed by atoms with E-state index in [2.05, 4.69) is 98.9 Å². The molecule has 0 bridgehead atoms. The van der Waals surface area contributed by atoms with Crippen LogP contribution in [-0.4, -0.2) is 74.9 Å². The lowest BCUT2D eigenvalue weighted by Crippen LogP contribution is -2.37. The normalized spacial score (nSPS) is 14.2. The number of phosphoric ester groups is 1. The Morgan fingerprint density at radius 1 is 0.516 bits per heavy atom. The molecule has 0 heterocycles. The molecule has 0 amide bonds. The van der Waals surface area contributed by atoms with Gasteiger partial charge in [-0.05, 0) is 89.9 Å². The van der Waals surface area contributed by atoms with Crippen molar-refractivity contribution in [2.75, 3.05) is 47.5 Å². The fourth-order valence-corrected chi connectivity index (χ4v) is 6.87. The summed E-state index contributed by atoms with van der Waals surface area (Å²) in [6, 6.07) is 0. The van der Waals surface area contributed by atoms with Gasteiger partial charge in [0.1, 0.15) is 19.8 Å². The predicted octanol–water partition coefficient (Wildman–Crippen LogP) is 14.4. The smallest absolute Gasteiger partial charge is 0.462 e. The number of quaternary nitrogens is 1. The van der Waals surface area contributed by atoms with Crippen LogP contribution in [0.3, 0.4) is 0 Å². The first-order valence-electron chi connectivity index (χ1n) is 24.3. The van der Waals surface area contributed by atoms with E-state index in [4.69, 9.17) is 18.5 Å². The van der Waals surface area contributed by atoms with Gasteiger partial charge in [-0.3, -0.25) is 18.6 Å². The van der Waals surface area contributed by atoms with Crippen LogP contribution >= 0.6 is 7.82 Å². The summed E-state index contributed by atoms with van der Waals surface area (Å²) >= 11 is 0. The number of hydrogen-bond acceptors (Lipinski definition) is 7. The van der Waals surface area contributed by atoms with E-state index in [-0.39, 0.29) is 32.0 Å². The largest absolute Gasteiger partial charge is 0.472 e. The third-order valence-corrected chi connectivity index (χ3v) is 10.9. The van der Waals surface area contributed by atoms with Crippen LogP contribution in [0.5, 0.6) is 0 Å². The van der Waals surface area contributed by atoms with Crippen LogP contribution in [0.2, 0.25) is 0 Å². The van der Waals surface area contributed by atoms with Gasteiger partial charge in [-0.15, -0.1) is 0 Å². The topological polar surface area (TPSA) is 108 Å². The highest BCUT2D eigenvalue weighted by molar-refractivity contribution is 7.47. The maximum absolute atomic E-state index is 12.7. The Hall–Kier alpha value is -2.81. The van der Waals surface area contributed by atoms with Gasteiger partial charge >= 0.3 is 19.8 Å². The van der Waals surface area contributed by atoms with Crippen LogP contribution in [0.25, 0.3) is 0 Å². The Labute approximate surface area is 380 Å². The number of carbonyl (C=O) groups is 2. The molecular formula is C52H91NO8P+. The lowest BCUT2D eigenvalue weighted by atomic mass is 10.1. The second kappa shape index (κ2) is 43.4. The standard InChI is InChI=1S/C52H90NO8P/c1-6-8-10-12-14-16-18-20-22-23-24-25-26-27-28-29-31-32-34-36-38-40-42-44-51(54)58-48-50(49-60-62(56,57)59-47-46-53(3,4)5)61-52(55)45-43-41-39-37-35-33-30-21-19-17-15-13-11-9-7-2/h9,11,15,17-18,20-21,23-24,26-27,30,35,37,50H,6-8,10,12-14,16,19,22,25,28-29,31-34,36,38-49H2,1-5H3/p+1/b11-9-,17-15-,20-18-,24-23-,27-26-,30-21-,37-35-. The summed E-state index contributed by atoms with van der Waals surface area (Å²) in [7, 11) is 1.43. The predicted molar refractivity (Wildman–Crippen MR) is 261 cm³/mol. The molecule has 0 spiro atoms. The van der Waals surface area contributed by atoms with Crippen molar-refractivity contribution in [3.63, 3.8) is 0 Å². The van der Waals surface area contributed by atoms with Crippen LogP contribution in [0.4, 0.5) is 0 Å². The maximum atomic E-state index is 12.7. The minimum Gasteiger partial charge on any atom is -0.462 e. The molecule has 62 heavy (non-hydrogen) atoms. The Kier molecular flexibility index (Phi) is 41.5. The molecule has 0 aliphatic carbocycles. The van der Waals surface area contributed by atoms with Gasteiger partial charge in [0.2, 0.25) is 0 Å². The minimum absolute atomic E-state index is 0.0177. The molecule has 0 saturated carbocycles. The number of allylic oxidation sites excluding steroid dienone is 14. The number of likely N-dealkylation sites (N-methyl/N-ethyl adjacent to an activating group) is 1. The van der Waals surface area contributed by atoms with Gasteiger partial charge in [0.15, 0.2) is 6.10 Å². The van der Waals surface area contributed by atoms with E-state index in [0.717, 1.165) is 83.5 Å². The van der Waals surface area contributed by atoms with Crippen molar-refractivity contribution in [1.29, 1.82) is 0 Å². The molecular weight excluding hydrogens is 798 g/mol. The second-order valence-electron chi connectivity index (χ2n) is 17.1. The van der Waals surface area contributed by atoms with Crippen molar-refractivity contribution in [2.45, 2.75) is 187 Å². The zero-order chi connectivity index (χ0) is 45.7. The van der Waals surface area contributed by atoms with E-state index in [9.17, 15) is 19.0 Å². The van der Waals surface area contributed by atoms with Crippen molar-refractivity contribution in [2.24, 2.45) is 0 Å². The second-order valence-corrected chi connectivity index (χ2v) is 18.6. The Balaban J connectivity index is 4.34. The third kappa shape index (κ3) is 46.7. The molecule has 356 valence electrons. The Bertz CT molecular complexity index is 1330. The van der Waals surface area contributed by atoms with Gasteiger partial charge in [-0.2, -0.15) is 0 Å². The molecule has 0 aliphatic rings. The summed E-state index contributed by atoms with van der Waals surface area (Å²) in [6.45, 7) is 4.23. The number of hydrogen-bond donors (Lipinski definition) is 1. The van der Waals surface area contributed by atoms with E-state index in [1.54, 1.807) is 0 Å². The maximum Gasteiger partial charge on any atom is 0.472 e. The molecule has 2 atom stereocenters. The Morgan fingerprint density at radius 2 is 0.919 bits per heavy atom. The number of esters is 2. The summed E-state index contributed by atoms with van der Waals surface area (Å²) in [6.07, 6.45) is 56.4. The van der Waals surface area contributed by atoms with Crippen LogP contribution in [0.1, 0.15) is 181 Å². The summed E-state index contributed by atoms with van der Waals surface area (Å²) in [5.74, 6) is -0.862. The van der Waals surface area contributed by atoms with Crippen molar-refractivity contribution < 1.29 is 42.1 Å². The average Bonchev–Trinajstić information content (AvgIpc) is 3.23. The van der Waals surface area contributed by atoms with Crippen LogP contribution in [0, 0.1) is 0 Å². The van der Waals surface area contributed by atoms with Gasteiger partial charge in [0, 0.05) is 12.8 Å². The van der Waals surface area contributed by atoms with Crippen molar-refractivity contribution in [3.05, 3.63) is 85.1 Å². The van der Waals surface area contributed by atoms with Crippen molar-refractivity contribution in [3.8, 4) is 0 Å². The van der Waals surface area contributed by atoms with Crippen LogP contribution in [-0.2, 0) is 32.7 Å². The van der Waals surface area contributed by atoms with E-state index in [1.807, 2.05) is 21.1 Å². The molecule has 10 heteroatoms. The molecule has 0 fully saturated rings. The summed E-state index contributed by atoms with van der Waals surface area (Å²) in [4.78, 5) is 35.5. The average molecular weight is 889 g/mol. The van der Waals surface area contributed by atoms with Gasteiger partial charge in [0.05, 0.1) is 27.7 Å². The fourth-order valence-electron chi connectivity index (χ4n) is 6.13. The molecule has 0 aliphatic heterocycles. The van der Waals surface area contributed by atoms with Crippen molar-refractivity contribution >= 4 is 19.8 Å². The van der Waals surface area contributed by atoms with Gasteiger partial charge in [0.25, 0.3) is 0 Å². The third-order valence-electron chi connectivity index (χ3n) is 9.91. The quantitative estimate of drug-likeness (QED) is 0.0212. The van der Waals surface area contributed by atoms with E-state index in [0.29, 0.717) is 17.4 Å². The summed E-state index contributed by atoms with van der Waals surface area (Å²) in [5, 5.41) is 0. The molecule has 0 rings (SSSR count). The van der Waals surface area contributed by atoms with E-state index in [1.165, 1.54) is 64.2 Å². The fraction of sp³-hybridized carbons (Fsp3) is 0.692. The number of unbranched alkanes of at least 4 members (excludes halogenated alkanes) is 15. The van der Waals surface area contributed by atoms with Gasteiger partial charge < -0.3 is 18.9 Å². The minimum atomic E-state index is -4.40. The summed E-state index contributed by atoms with van der Waals surface area (Å²) in [5.41, 5.74) is 0. The molecule has 0 aromatic rings. The van der Waals surface area contributed by atoms with E-state index >= 15 is 0 Å².